The van der Waals surface area contributed by atoms with Crippen LogP contribution in [0.15, 0.2) is 45.5 Å². The molecule has 0 aliphatic carbocycles. The van der Waals surface area contributed by atoms with Gasteiger partial charge in [0.15, 0.2) is 9.84 Å². The summed E-state index contributed by atoms with van der Waals surface area (Å²) in [7, 11) is -7.38. The third-order valence-corrected chi connectivity index (χ3v) is 8.55. The Kier molecular flexibility index (Phi) is 6.09. The first-order chi connectivity index (χ1) is 13.6. The lowest BCUT2D eigenvalue weighted by atomic mass is 9.97. The molecular weight excluding hydrogens is 434 g/mol. The molecule has 29 heavy (non-hydrogen) atoms. The van der Waals surface area contributed by atoms with Crippen LogP contribution in [0, 0.1) is 17.2 Å². The van der Waals surface area contributed by atoms with Gasteiger partial charge in [0.05, 0.1) is 15.4 Å². The SMILES string of the molecule is CS(=O)(=O)c1cccc(S(=O)(=O)N2CCC(C(=O)Nc3sccc3C#N)CC2)c1. The number of piperidine rings is 1. The Balaban J connectivity index is 1.68. The van der Waals surface area contributed by atoms with E-state index in [9.17, 15) is 21.6 Å². The largest absolute Gasteiger partial charge is 0.316 e. The lowest BCUT2D eigenvalue weighted by molar-refractivity contribution is -0.120. The predicted molar refractivity (Wildman–Crippen MR) is 109 cm³/mol. The number of anilines is 1. The summed E-state index contributed by atoms with van der Waals surface area (Å²) in [5.74, 6) is -0.600. The second kappa shape index (κ2) is 8.23. The van der Waals surface area contributed by atoms with Crippen molar-refractivity contribution >= 4 is 42.1 Å². The number of nitriles is 1. The lowest BCUT2D eigenvalue weighted by Crippen LogP contribution is -2.41. The number of amides is 1. The van der Waals surface area contributed by atoms with Crippen LogP contribution in [0.4, 0.5) is 5.00 Å². The Morgan fingerprint density at radius 2 is 1.83 bits per heavy atom. The molecule has 3 rings (SSSR count). The number of rotatable bonds is 5. The molecule has 2 aromatic rings. The predicted octanol–water partition coefficient (Wildman–Crippen LogP) is 2.06. The summed E-state index contributed by atoms with van der Waals surface area (Å²) in [5, 5.41) is 14.0. The molecule has 1 fully saturated rings. The van der Waals surface area contributed by atoms with E-state index in [1.54, 1.807) is 11.4 Å². The maximum atomic E-state index is 12.9. The van der Waals surface area contributed by atoms with Crippen molar-refractivity contribution in [1.82, 2.24) is 4.31 Å². The number of carbonyl (C=O) groups is 1. The minimum absolute atomic E-state index is 0.0583. The van der Waals surface area contributed by atoms with Gasteiger partial charge in [0.2, 0.25) is 15.9 Å². The summed E-state index contributed by atoms with van der Waals surface area (Å²) >= 11 is 1.26. The molecule has 11 heteroatoms. The molecule has 1 aliphatic heterocycles. The molecule has 8 nitrogen and oxygen atoms in total. The van der Waals surface area contributed by atoms with Crippen molar-refractivity contribution in [1.29, 1.82) is 5.26 Å². The molecule has 0 bridgehead atoms. The highest BCUT2D eigenvalue weighted by molar-refractivity contribution is 7.91. The zero-order valence-electron chi connectivity index (χ0n) is 15.5. The standard InChI is InChI=1S/C18H19N3O5S3/c1-28(23,24)15-3-2-4-16(11-15)29(25,26)21-8-5-13(6-9-21)17(22)20-18-14(12-19)7-10-27-18/h2-4,7,10-11,13H,5-6,8-9H2,1H3,(H,20,22). The monoisotopic (exact) mass is 453 g/mol. The second-order valence-electron chi connectivity index (χ2n) is 6.69. The van der Waals surface area contributed by atoms with Gasteiger partial charge in [0.1, 0.15) is 11.1 Å². The Labute approximate surface area is 173 Å². The highest BCUT2D eigenvalue weighted by Crippen LogP contribution is 2.28. The van der Waals surface area contributed by atoms with Crippen LogP contribution >= 0.6 is 11.3 Å². The van der Waals surface area contributed by atoms with Gasteiger partial charge in [-0.1, -0.05) is 6.07 Å². The number of sulfonamides is 1. The van der Waals surface area contributed by atoms with E-state index >= 15 is 0 Å². The summed E-state index contributed by atoms with van der Waals surface area (Å²) in [6, 6.07) is 8.91. The minimum Gasteiger partial charge on any atom is -0.316 e. The third-order valence-electron chi connectivity index (χ3n) is 4.72. The van der Waals surface area contributed by atoms with Crippen LogP contribution in [0.3, 0.4) is 0 Å². The second-order valence-corrected chi connectivity index (χ2v) is 11.6. The Hall–Kier alpha value is -2.26. The molecule has 1 saturated heterocycles. The molecule has 2 heterocycles. The number of nitrogens with zero attached hydrogens (tertiary/aromatic N) is 2. The van der Waals surface area contributed by atoms with Gasteiger partial charge in [-0.25, -0.2) is 16.8 Å². The molecule has 1 amide bonds. The first-order valence-electron chi connectivity index (χ1n) is 8.71. The van der Waals surface area contributed by atoms with Crippen LogP contribution in [-0.4, -0.2) is 46.4 Å². The van der Waals surface area contributed by atoms with Crippen LogP contribution in [-0.2, 0) is 24.7 Å². The fourth-order valence-corrected chi connectivity index (χ4v) is 6.08. The molecule has 154 valence electrons. The first kappa shape index (κ1) is 21.4. The fraction of sp³-hybridized carbons (Fsp3) is 0.333. The number of thiophene rings is 1. The van der Waals surface area contributed by atoms with Crippen molar-refractivity contribution in [3.8, 4) is 6.07 Å². The quantitative estimate of drug-likeness (QED) is 0.739. The number of carbonyl (C=O) groups excluding carboxylic acids is 1. The molecular formula is C18H19N3O5S3. The summed E-state index contributed by atoms with van der Waals surface area (Å²) in [6.45, 7) is 0.304. The maximum absolute atomic E-state index is 12.9. The molecule has 1 N–H and O–H groups in total. The van der Waals surface area contributed by atoms with E-state index in [0.717, 1.165) is 12.3 Å². The van der Waals surface area contributed by atoms with Crippen molar-refractivity contribution in [2.45, 2.75) is 22.6 Å². The van der Waals surface area contributed by atoms with Gasteiger partial charge in [0.25, 0.3) is 0 Å². The summed E-state index contributed by atoms with van der Waals surface area (Å²) in [5.41, 5.74) is 0.397. The molecule has 0 radical (unpaired) electrons. The minimum atomic E-state index is -3.86. The van der Waals surface area contributed by atoms with E-state index < -0.39 is 19.9 Å². The highest BCUT2D eigenvalue weighted by Gasteiger charge is 2.32. The average Bonchev–Trinajstić information content (AvgIpc) is 3.14. The smallest absolute Gasteiger partial charge is 0.243 e. The van der Waals surface area contributed by atoms with E-state index in [-0.39, 0.29) is 34.7 Å². The van der Waals surface area contributed by atoms with Gasteiger partial charge >= 0.3 is 0 Å². The van der Waals surface area contributed by atoms with Gasteiger partial charge < -0.3 is 5.32 Å². The van der Waals surface area contributed by atoms with Crippen molar-refractivity contribution in [2.24, 2.45) is 5.92 Å². The number of hydrogen-bond acceptors (Lipinski definition) is 7. The number of nitrogens with one attached hydrogen (secondary N) is 1. The summed E-state index contributed by atoms with van der Waals surface area (Å²) in [6.07, 6.45) is 1.70. The molecule has 1 aromatic carbocycles. The molecule has 0 atom stereocenters. The normalized spacial score (nSPS) is 16.3. The zero-order valence-corrected chi connectivity index (χ0v) is 18.0. The van der Waals surface area contributed by atoms with Gasteiger partial charge in [0, 0.05) is 25.3 Å². The van der Waals surface area contributed by atoms with Crippen LogP contribution in [0.5, 0.6) is 0 Å². The van der Waals surface area contributed by atoms with E-state index in [4.69, 9.17) is 5.26 Å². The number of hydrogen-bond donors (Lipinski definition) is 1. The zero-order chi connectivity index (χ0) is 21.2. The van der Waals surface area contributed by atoms with Crippen LogP contribution in [0.1, 0.15) is 18.4 Å². The van der Waals surface area contributed by atoms with Gasteiger partial charge in [-0.05, 0) is 42.5 Å². The van der Waals surface area contributed by atoms with Gasteiger partial charge in [-0.2, -0.15) is 9.57 Å². The van der Waals surface area contributed by atoms with Gasteiger partial charge in [-0.15, -0.1) is 11.3 Å². The van der Waals surface area contributed by atoms with Crippen molar-refractivity contribution in [2.75, 3.05) is 24.7 Å². The first-order valence-corrected chi connectivity index (χ1v) is 12.9. The average molecular weight is 454 g/mol. The fourth-order valence-electron chi connectivity index (χ4n) is 3.08. The molecule has 1 aliphatic rings. The van der Waals surface area contributed by atoms with E-state index in [1.807, 2.05) is 6.07 Å². The Morgan fingerprint density at radius 3 is 2.45 bits per heavy atom. The Morgan fingerprint density at radius 1 is 1.17 bits per heavy atom. The lowest BCUT2D eigenvalue weighted by Gasteiger charge is -2.30. The van der Waals surface area contributed by atoms with E-state index in [1.165, 1.54) is 33.8 Å². The number of sulfone groups is 1. The third kappa shape index (κ3) is 4.67. The van der Waals surface area contributed by atoms with E-state index in [2.05, 4.69) is 5.32 Å². The van der Waals surface area contributed by atoms with Crippen LogP contribution in [0.25, 0.3) is 0 Å². The summed E-state index contributed by atoms with van der Waals surface area (Å²) < 4.78 is 50.4. The Bertz CT molecular complexity index is 1170. The van der Waals surface area contributed by atoms with Crippen molar-refractivity contribution in [3.63, 3.8) is 0 Å². The molecule has 0 unspecified atom stereocenters. The van der Waals surface area contributed by atoms with Crippen molar-refractivity contribution in [3.05, 3.63) is 41.3 Å². The molecule has 1 aromatic heterocycles. The van der Waals surface area contributed by atoms with Crippen LogP contribution < -0.4 is 5.32 Å². The highest BCUT2D eigenvalue weighted by atomic mass is 32.2. The topological polar surface area (TPSA) is 124 Å². The molecule has 0 spiro atoms. The summed E-state index contributed by atoms with van der Waals surface area (Å²) in [4.78, 5) is 12.3. The molecule has 0 saturated carbocycles. The van der Waals surface area contributed by atoms with Crippen LogP contribution in [0.2, 0.25) is 0 Å². The van der Waals surface area contributed by atoms with Gasteiger partial charge in [-0.3, -0.25) is 4.79 Å². The number of benzene rings is 1. The van der Waals surface area contributed by atoms with E-state index in [0.29, 0.717) is 23.4 Å². The maximum Gasteiger partial charge on any atom is 0.243 e. The van der Waals surface area contributed by atoms with Crippen molar-refractivity contribution < 1.29 is 21.6 Å².